The Hall–Kier alpha value is -0.0800. The molecule has 1 aliphatic rings. The Balaban J connectivity index is 2.23. The second kappa shape index (κ2) is 3.18. The molecule has 1 aliphatic heterocycles. The Labute approximate surface area is 55.8 Å². The molecule has 0 aliphatic carbocycles. The van der Waals surface area contributed by atoms with Crippen LogP contribution in [0.5, 0.6) is 0 Å². The number of hydrogen-bond acceptors (Lipinski definition) is 2. The second-order valence-electron chi connectivity index (χ2n) is 2.52. The van der Waals surface area contributed by atoms with Crippen LogP contribution in [0.25, 0.3) is 0 Å². The molecule has 1 N–H and O–H groups in total. The molecule has 1 unspecified atom stereocenters. The highest BCUT2D eigenvalue weighted by molar-refractivity contribution is 4.72. The summed E-state index contributed by atoms with van der Waals surface area (Å²) in [7, 11) is 0. The van der Waals surface area contributed by atoms with Crippen LogP contribution in [0.3, 0.4) is 0 Å². The summed E-state index contributed by atoms with van der Waals surface area (Å²) in [5.74, 6) is 0.374. The number of aliphatic hydroxyl groups excluding tert-OH is 1. The number of ether oxygens (including phenoxy) is 1. The standard InChI is InChI=1S/C7H13O2/c1-6(8)7-2-4-9-5-3-7/h6-8H,1-5H2. The molecule has 0 aromatic rings. The molecule has 0 bridgehead atoms. The molecule has 1 rings (SSSR count). The fourth-order valence-corrected chi connectivity index (χ4v) is 1.10. The summed E-state index contributed by atoms with van der Waals surface area (Å²) in [5, 5.41) is 9.01. The zero-order valence-corrected chi connectivity index (χ0v) is 5.55. The lowest BCUT2D eigenvalue weighted by Crippen LogP contribution is -2.24. The van der Waals surface area contributed by atoms with Crippen LogP contribution in [0, 0.1) is 12.8 Å². The van der Waals surface area contributed by atoms with Gasteiger partial charge in [0.1, 0.15) is 0 Å². The van der Waals surface area contributed by atoms with Crippen molar-refractivity contribution in [1.29, 1.82) is 0 Å². The number of hydrogen-bond donors (Lipinski definition) is 1. The van der Waals surface area contributed by atoms with Gasteiger partial charge in [-0.05, 0) is 25.7 Å². The SMILES string of the molecule is [CH2]C(O)C1CCOCC1. The normalized spacial score (nSPS) is 26.0. The van der Waals surface area contributed by atoms with Gasteiger partial charge in [-0.15, -0.1) is 0 Å². The summed E-state index contributed by atoms with van der Waals surface area (Å²) in [6, 6.07) is 0. The first-order chi connectivity index (χ1) is 4.30. The molecular weight excluding hydrogens is 116 g/mol. The Kier molecular flexibility index (Phi) is 2.49. The van der Waals surface area contributed by atoms with E-state index in [9.17, 15) is 0 Å². The zero-order chi connectivity index (χ0) is 6.69. The monoisotopic (exact) mass is 129 g/mol. The molecular formula is C7H13O2. The number of rotatable bonds is 1. The molecule has 0 aromatic heterocycles. The molecule has 1 atom stereocenters. The van der Waals surface area contributed by atoms with E-state index in [1.165, 1.54) is 0 Å². The Morgan fingerprint density at radius 1 is 1.44 bits per heavy atom. The van der Waals surface area contributed by atoms with Gasteiger partial charge in [0, 0.05) is 13.2 Å². The summed E-state index contributed by atoms with van der Waals surface area (Å²) in [6.07, 6.45) is 1.53. The largest absolute Gasteiger partial charge is 0.393 e. The van der Waals surface area contributed by atoms with Gasteiger partial charge < -0.3 is 9.84 Å². The van der Waals surface area contributed by atoms with Gasteiger partial charge in [0.2, 0.25) is 0 Å². The first-order valence-corrected chi connectivity index (χ1v) is 3.39. The maximum atomic E-state index is 9.01. The summed E-state index contributed by atoms with van der Waals surface area (Å²) in [4.78, 5) is 0. The average molecular weight is 129 g/mol. The van der Waals surface area contributed by atoms with Crippen molar-refractivity contribution in [1.82, 2.24) is 0 Å². The van der Waals surface area contributed by atoms with E-state index >= 15 is 0 Å². The smallest absolute Gasteiger partial charge is 0.0571 e. The summed E-state index contributed by atoms with van der Waals surface area (Å²) in [5.41, 5.74) is 0. The molecule has 1 radical (unpaired) electrons. The highest BCUT2D eigenvalue weighted by atomic mass is 16.5. The van der Waals surface area contributed by atoms with Gasteiger partial charge >= 0.3 is 0 Å². The summed E-state index contributed by atoms with van der Waals surface area (Å²) < 4.78 is 5.11. The predicted molar refractivity (Wildman–Crippen MR) is 34.9 cm³/mol. The van der Waals surface area contributed by atoms with Crippen molar-refractivity contribution in [3.8, 4) is 0 Å². The van der Waals surface area contributed by atoms with E-state index in [1.54, 1.807) is 0 Å². The molecule has 9 heavy (non-hydrogen) atoms. The van der Waals surface area contributed by atoms with Crippen LogP contribution in [0.1, 0.15) is 12.8 Å². The Morgan fingerprint density at radius 2 is 2.00 bits per heavy atom. The van der Waals surface area contributed by atoms with Crippen LogP contribution in [0.2, 0.25) is 0 Å². The molecule has 0 amide bonds. The third kappa shape index (κ3) is 1.95. The molecule has 1 saturated heterocycles. The fraction of sp³-hybridized carbons (Fsp3) is 0.857. The first kappa shape index (κ1) is 7.03. The molecule has 0 aromatic carbocycles. The average Bonchev–Trinajstić information content (AvgIpc) is 1.90. The van der Waals surface area contributed by atoms with Gasteiger partial charge in [-0.3, -0.25) is 0 Å². The van der Waals surface area contributed by atoms with Gasteiger partial charge in [0.25, 0.3) is 0 Å². The van der Waals surface area contributed by atoms with Crippen molar-refractivity contribution >= 4 is 0 Å². The van der Waals surface area contributed by atoms with E-state index in [2.05, 4.69) is 6.92 Å². The van der Waals surface area contributed by atoms with Crippen molar-refractivity contribution in [3.05, 3.63) is 6.92 Å². The van der Waals surface area contributed by atoms with E-state index in [0.29, 0.717) is 5.92 Å². The van der Waals surface area contributed by atoms with E-state index < -0.39 is 6.10 Å². The molecule has 1 heterocycles. The van der Waals surface area contributed by atoms with Gasteiger partial charge in [0.15, 0.2) is 0 Å². The summed E-state index contributed by atoms with van der Waals surface area (Å²) >= 11 is 0. The van der Waals surface area contributed by atoms with Crippen molar-refractivity contribution in [2.24, 2.45) is 5.92 Å². The van der Waals surface area contributed by atoms with E-state index in [-0.39, 0.29) is 0 Å². The molecule has 0 spiro atoms. The van der Waals surface area contributed by atoms with E-state index in [0.717, 1.165) is 26.1 Å². The highest BCUT2D eigenvalue weighted by Crippen LogP contribution is 2.17. The molecule has 1 fully saturated rings. The van der Waals surface area contributed by atoms with E-state index in [1.807, 2.05) is 0 Å². The quantitative estimate of drug-likeness (QED) is 0.562. The van der Waals surface area contributed by atoms with Crippen molar-refractivity contribution in [2.75, 3.05) is 13.2 Å². The van der Waals surface area contributed by atoms with Crippen LogP contribution in [-0.4, -0.2) is 24.4 Å². The molecule has 2 nitrogen and oxygen atoms in total. The Bertz CT molecular complexity index is 75.0. The first-order valence-electron chi connectivity index (χ1n) is 3.39. The van der Waals surface area contributed by atoms with Crippen molar-refractivity contribution in [2.45, 2.75) is 18.9 Å². The van der Waals surface area contributed by atoms with Crippen molar-refractivity contribution in [3.63, 3.8) is 0 Å². The van der Waals surface area contributed by atoms with Gasteiger partial charge in [0.05, 0.1) is 6.10 Å². The fourth-order valence-electron chi connectivity index (χ4n) is 1.10. The van der Waals surface area contributed by atoms with Crippen LogP contribution >= 0.6 is 0 Å². The zero-order valence-electron chi connectivity index (χ0n) is 5.55. The maximum absolute atomic E-state index is 9.01. The topological polar surface area (TPSA) is 29.5 Å². The molecule has 0 saturated carbocycles. The lowest BCUT2D eigenvalue weighted by Gasteiger charge is -2.23. The van der Waals surface area contributed by atoms with Gasteiger partial charge in [-0.2, -0.15) is 0 Å². The molecule has 2 heteroatoms. The van der Waals surface area contributed by atoms with Crippen LogP contribution in [0.4, 0.5) is 0 Å². The second-order valence-corrected chi connectivity index (χ2v) is 2.52. The van der Waals surface area contributed by atoms with Crippen LogP contribution in [-0.2, 0) is 4.74 Å². The van der Waals surface area contributed by atoms with Crippen molar-refractivity contribution < 1.29 is 9.84 Å². The van der Waals surface area contributed by atoms with Gasteiger partial charge in [-0.1, -0.05) is 0 Å². The third-order valence-electron chi connectivity index (χ3n) is 1.81. The summed E-state index contributed by atoms with van der Waals surface area (Å²) in [6.45, 7) is 5.14. The minimum absolute atomic E-state index is 0.374. The molecule has 53 valence electrons. The minimum Gasteiger partial charge on any atom is -0.393 e. The third-order valence-corrected chi connectivity index (χ3v) is 1.81. The Morgan fingerprint density at radius 3 is 2.33 bits per heavy atom. The lowest BCUT2D eigenvalue weighted by molar-refractivity contribution is 0.0238. The number of aliphatic hydroxyl groups is 1. The highest BCUT2D eigenvalue weighted by Gasteiger charge is 2.17. The maximum Gasteiger partial charge on any atom is 0.0571 e. The van der Waals surface area contributed by atoms with Crippen LogP contribution in [0.15, 0.2) is 0 Å². The van der Waals surface area contributed by atoms with Crippen LogP contribution < -0.4 is 0 Å². The lowest BCUT2D eigenvalue weighted by atomic mass is 9.95. The predicted octanol–water partition coefficient (Wildman–Crippen LogP) is 0.608. The van der Waals surface area contributed by atoms with Gasteiger partial charge in [-0.25, -0.2) is 0 Å². The minimum atomic E-state index is -0.395. The van der Waals surface area contributed by atoms with E-state index in [4.69, 9.17) is 9.84 Å².